The number of pyridine rings is 1. The lowest BCUT2D eigenvalue weighted by molar-refractivity contribution is 0.198. The third-order valence-corrected chi connectivity index (χ3v) is 5.23. The summed E-state index contributed by atoms with van der Waals surface area (Å²) in [5.41, 5.74) is 2.00. The quantitative estimate of drug-likeness (QED) is 0.853. The predicted octanol–water partition coefficient (Wildman–Crippen LogP) is 3.87. The van der Waals surface area contributed by atoms with E-state index >= 15 is 0 Å². The number of hydrogen-bond donors (Lipinski definition) is 2. The first-order valence-electron chi connectivity index (χ1n) is 9.51. The second-order valence-electron chi connectivity index (χ2n) is 7.06. The highest BCUT2D eigenvalue weighted by atomic mass is 16.5. The third-order valence-electron chi connectivity index (χ3n) is 5.23. The van der Waals surface area contributed by atoms with E-state index in [1.165, 1.54) is 12.8 Å². The number of rotatable bonds is 5. The summed E-state index contributed by atoms with van der Waals surface area (Å²) in [5, 5.41) is 5.99. The Bertz CT molecular complexity index is 752. The average Bonchev–Trinajstić information content (AvgIpc) is 3.33. The number of fused-ring (bicyclic) bond motifs is 1. The highest BCUT2D eigenvalue weighted by Crippen LogP contribution is 2.30. The van der Waals surface area contributed by atoms with Crippen molar-refractivity contribution >= 4 is 6.03 Å². The van der Waals surface area contributed by atoms with Crippen LogP contribution >= 0.6 is 0 Å². The van der Waals surface area contributed by atoms with Crippen molar-refractivity contribution in [1.29, 1.82) is 0 Å². The monoisotopic (exact) mass is 355 g/mol. The largest absolute Gasteiger partial charge is 0.474 e. The summed E-state index contributed by atoms with van der Waals surface area (Å²) in [6.07, 6.45) is 11.2. The highest BCUT2D eigenvalue weighted by Gasteiger charge is 2.24. The molecule has 2 amide bonds. The van der Waals surface area contributed by atoms with Gasteiger partial charge in [-0.3, -0.25) is 0 Å². The fraction of sp³-hybridized carbons (Fsp3) is 0.500. The molecule has 1 fully saturated rings. The van der Waals surface area contributed by atoms with Crippen LogP contribution < -0.4 is 15.4 Å². The Morgan fingerprint density at radius 1 is 1.23 bits per heavy atom. The number of ether oxygens (including phenoxy) is 1. The van der Waals surface area contributed by atoms with Gasteiger partial charge in [-0.25, -0.2) is 9.78 Å². The van der Waals surface area contributed by atoms with E-state index in [1.54, 1.807) is 12.5 Å². The van der Waals surface area contributed by atoms with E-state index in [1.807, 2.05) is 18.2 Å². The summed E-state index contributed by atoms with van der Waals surface area (Å²) in [6, 6.07) is 5.61. The average molecular weight is 355 g/mol. The number of nitrogens with zero attached hydrogens (tertiary/aromatic N) is 1. The van der Waals surface area contributed by atoms with E-state index in [4.69, 9.17) is 9.15 Å². The molecule has 0 aliphatic heterocycles. The molecule has 2 heterocycles. The van der Waals surface area contributed by atoms with Gasteiger partial charge in [0, 0.05) is 30.3 Å². The Labute approximate surface area is 153 Å². The Morgan fingerprint density at radius 3 is 3.00 bits per heavy atom. The lowest BCUT2D eigenvalue weighted by Gasteiger charge is -2.23. The number of hydrogen-bond acceptors (Lipinski definition) is 4. The molecule has 6 heteroatoms. The second-order valence-corrected chi connectivity index (χ2v) is 7.06. The van der Waals surface area contributed by atoms with Gasteiger partial charge in [0.15, 0.2) is 0 Å². The van der Waals surface area contributed by atoms with Crippen molar-refractivity contribution in [3.63, 3.8) is 0 Å². The smallest absolute Gasteiger partial charge is 0.315 e. The number of furan rings is 1. The first-order valence-corrected chi connectivity index (χ1v) is 9.51. The standard InChI is InChI=1S/C20H25N3O3/c24-20(23-17-8-3-9-18-16(17)10-12-25-18)22-13-14-5-4-11-21-19(14)26-15-6-1-2-7-15/h4-5,10-12,15,17H,1-3,6-9,13H2,(H2,22,23,24). The van der Waals surface area contributed by atoms with Crippen molar-refractivity contribution in [3.8, 4) is 5.88 Å². The van der Waals surface area contributed by atoms with E-state index in [-0.39, 0.29) is 18.2 Å². The molecule has 26 heavy (non-hydrogen) atoms. The molecule has 0 aromatic carbocycles. The van der Waals surface area contributed by atoms with E-state index in [2.05, 4.69) is 15.6 Å². The highest BCUT2D eigenvalue weighted by molar-refractivity contribution is 5.74. The van der Waals surface area contributed by atoms with Crippen LogP contribution in [0.4, 0.5) is 4.79 Å². The molecule has 4 rings (SSSR count). The Morgan fingerprint density at radius 2 is 2.12 bits per heavy atom. The van der Waals surface area contributed by atoms with Gasteiger partial charge in [-0.05, 0) is 50.7 Å². The lowest BCUT2D eigenvalue weighted by atomic mass is 9.93. The predicted molar refractivity (Wildman–Crippen MR) is 96.9 cm³/mol. The first-order chi connectivity index (χ1) is 12.8. The van der Waals surface area contributed by atoms with Crippen molar-refractivity contribution in [3.05, 3.63) is 47.5 Å². The van der Waals surface area contributed by atoms with Gasteiger partial charge in [0.25, 0.3) is 0 Å². The zero-order valence-electron chi connectivity index (χ0n) is 14.9. The Kier molecular flexibility index (Phi) is 5.09. The number of amides is 2. The van der Waals surface area contributed by atoms with Crippen LogP contribution in [0, 0.1) is 0 Å². The lowest BCUT2D eigenvalue weighted by Crippen LogP contribution is -2.38. The summed E-state index contributed by atoms with van der Waals surface area (Å²) in [5.74, 6) is 1.62. The molecule has 1 saturated carbocycles. The van der Waals surface area contributed by atoms with Crippen LogP contribution in [0.2, 0.25) is 0 Å². The van der Waals surface area contributed by atoms with Crippen molar-refractivity contribution in [2.24, 2.45) is 0 Å². The van der Waals surface area contributed by atoms with E-state index in [0.29, 0.717) is 12.4 Å². The molecule has 0 radical (unpaired) electrons. The Balaban J connectivity index is 1.34. The number of nitrogens with one attached hydrogen (secondary N) is 2. The molecule has 138 valence electrons. The molecule has 0 bridgehead atoms. The van der Waals surface area contributed by atoms with Gasteiger partial charge in [0.2, 0.25) is 5.88 Å². The van der Waals surface area contributed by atoms with E-state index in [9.17, 15) is 4.79 Å². The van der Waals surface area contributed by atoms with Crippen molar-refractivity contribution in [2.75, 3.05) is 0 Å². The van der Waals surface area contributed by atoms with Crippen LogP contribution in [0.5, 0.6) is 5.88 Å². The van der Waals surface area contributed by atoms with Crippen molar-refractivity contribution < 1.29 is 13.9 Å². The van der Waals surface area contributed by atoms with Gasteiger partial charge in [0.1, 0.15) is 11.9 Å². The third kappa shape index (κ3) is 3.84. The minimum atomic E-state index is -0.181. The van der Waals surface area contributed by atoms with E-state index < -0.39 is 0 Å². The van der Waals surface area contributed by atoms with Crippen molar-refractivity contribution in [1.82, 2.24) is 15.6 Å². The van der Waals surface area contributed by atoms with E-state index in [0.717, 1.165) is 49.0 Å². The number of aromatic nitrogens is 1. The molecule has 2 N–H and O–H groups in total. The number of carbonyl (C=O) groups excluding carboxylic acids is 1. The molecule has 1 unspecified atom stereocenters. The van der Waals surface area contributed by atoms with Gasteiger partial charge in [-0.15, -0.1) is 0 Å². The Hall–Kier alpha value is -2.50. The van der Waals surface area contributed by atoms with Crippen molar-refractivity contribution in [2.45, 2.75) is 63.6 Å². The van der Waals surface area contributed by atoms with Gasteiger partial charge >= 0.3 is 6.03 Å². The zero-order valence-corrected chi connectivity index (χ0v) is 14.9. The van der Waals surface area contributed by atoms with Crippen LogP contribution in [0.15, 0.2) is 35.1 Å². The molecule has 0 spiro atoms. The molecule has 2 aromatic rings. The summed E-state index contributed by atoms with van der Waals surface area (Å²) in [7, 11) is 0. The molecule has 2 aliphatic carbocycles. The number of urea groups is 1. The van der Waals surface area contributed by atoms with Crippen LogP contribution in [0.3, 0.4) is 0 Å². The summed E-state index contributed by atoms with van der Waals surface area (Å²) in [6.45, 7) is 0.396. The maximum Gasteiger partial charge on any atom is 0.315 e. The van der Waals surface area contributed by atoms with Crippen LogP contribution in [0.1, 0.15) is 61.5 Å². The topological polar surface area (TPSA) is 76.4 Å². The molecular formula is C20H25N3O3. The molecule has 0 saturated heterocycles. The number of aryl methyl sites for hydroxylation is 1. The molecule has 6 nitrogen and oxygen atoms in total. The summed E-state index contributed by atoms with van der Waals surface area (Å²) >= 11 is 0. The normalized spacial score (nSPS) is 19.8. The molecule has 1 atom stereocenters. The van der Waals surface area contributed by atoms with Gasteiger partial charge in [-0.2, -0.15) is 0 Å². The second kappa shape index (κ2) is 7.81. The minimum Gasteiger partial charge on any atom is -0.474 e. The van der Waals surface area contributed by atoms with Gasteiger partial charge in [-0.1, -0.05) is 6.07 Å². The summed E-state index contributed by atoms with van der Waals surface area (Å²) in [4.78, 5) is 16.7. The number of carbonyl (C=O) groups is 1. The van der Waals surface area contributed by atoms with Gasteiger partial charge in [0.05, 0.1) is 12.3 Å². The molecular weight excluding hydrogens is 330 g/mol. The molecule has 2 aromatic heterocycles. The van der Waals surface area contributed by atoms with Crippen LogP contribution in [-0.4, -0.2) is 17.1 Å². The molecule has 2 aliphatic rings. The minimum absolute atomic E-state index is 0.0145. The SMILES string of the molecule is O=C(NCc1cccnc1OC1CCCC1)NC1CCCc2occc21. The fourth-order valence-corrected chi connectivity index (χ4v) is 3.85. The van der Waals surface area contributed by atoms with Gasteiger partial charge < -0.3 is 19.8 Å². The van der Waals surface area contributed by atoms with Crippen LogP contribution in [-0.2, 0) is 13.0 Å². The fourth-order valence-electron chi connectivity index (χ4n) is 3.85. The van der Waals surface area contributed by atoms with Crippen LogP contribution in [0.25, 0.3) is 0 Å². The first kappa shape index (κ1) is 16.9. The maximum absolute atomic E-state index is 12.4. The summed E-state index contributed by atoms with van der Waals surface area (Å²) < 4.78 is 11.5. The zero-order chi connectivity index (χ0) is 17.8. The maximum atomic E-state index is 12.4.